The Labute approximate surface area is 183 Å². The van der Waals surface area contributed by atoms with E-state index in [1.807, 2.05) is 0 Å². The summed E-state index contributed by atoms with van der Waals surface area (Å²) in [6.07, 6.45) is 16.0. The van der Waals surface area contributed by atoms with E-state index in [0.29, 0.717) is 10.3 Å². The Bertz CT molecular complexity index is 595. The monoisotopic (exact) mass is 412 g/mol. The lowest BCUT2D eigenvalue weighted by Crippen LogP contribution is -2.43. The minimum absolute atomic E-state index is 0.0949. The Morgan fingerprint density at radius 3 is 1.62 bits per heavy atom. The molecule has 3 rings (SSSR count). The first-order valence-electron chi connectivity index (χ1n) is 12.5. The molecule has 0 N–H and O–H groups in total. The van der Waals surface area contributed by atoms with Gasteiger partial charge in [0.15, 0.2) is 6.71 Å². The van der Waals surface area contributed by atoms with E-state index < -0.39 is 0 Å². The number of rotatable bonds is 5. The average molecular weight is 412 g/mol. The second kappa shape index (κ2) is 9.89. The summed E-state index contributed by atoms with van der Waals surface area (Å²) < 4.78 is 0. The highest BCUT2D eigenvalue weighted by molar-refractivity contribution is 7.60. The van der Waals surface area contributed by atoms with E-state index in [9.17, 15) is 0 Å². The van der Waals surface area contributed by atoms with Crippen LogP contribution in [-0.2, 0) is 6.16 Å². The molecule has 2 heteroatoms. The fourth-order valence-corrected chi connectivity index (χ4v) is 10.1. The van der Waals surface area contributed by atoms with Gasteiger partial charge in [-0.05, 0) is 22.0 Å². The SMILES string of the molecule is CC(C)(C)P(Cc1ccccc1B(C1CCCCC1)C1CCCCC1)C(C)(C)C. The lowest BCUT2D eigenvalue weighted by Gasteiger charge is -2.43. The maximum Gasteiger partial charge on any atom is 0.182 e. The fraction of sp³-hybridized carbons (Fsp3) is 0.778. The van der Waals surface area contributed by atoms with Crippen LogP contribution >= 0.6 is 7.92 Å². The third-order valence-corrected chi connectivity index (χ3v) is 11.6. The van der Waals surface area contributed by atoms with Gasteiger partial charge in [0.2, 0.25) is 0 Å². The van der Waals surface area contributed by atoms with Crippen LogP contribution in [0.3, 0.4) is 0 Å². The second-order valence-corrected chi connectivity index (χ2v) is 15.8. The summed E-state index contributed by atoms with van der Waals surface area (Å²) in [6.45, 7) is 15.7. The topological polar surface area (TPSA) is 0 Å². The molecule has 2 aliphatic rings. The van der Waals surface area contributed by atoms with Crippen molar-refractivity contribution >= 4 is 20.1 Å². The highest BCUT2D eigenvalue weighted by Crippen LogP contribution is 2.61. The Kier molecular flexibility index (Phi) is 7.98. The van der Waals surface area contributed by atoms with Crippen molar-refractivity contribution in [3.8, 4) is 0 Å². The van der Waals surface area contributed by atoms with Gasteiger partial charge in [0.25, 0.3) is 0 Å². The Balaban J connectivity index is 1.96. The molecule has 29 heavy (non-hydrogen) atoms. The van der Waals surface area contributed by atoms with Gasteiger partial charge >= 0.3 is 0 Å². The molecule has 162 valence electrons. The first kappa shape index (κ1) is 23.4. The lowest BCUT2D eigenvalue weighted by molar-refractivity contribution is 0.465. The van der Waals surface area contributed by atoms with E-state index in [4.69, 9.17) is 0 Å². The van der Waals surface area contributed by atoms with Gasteiger partial charge in [0.05, 0.1) is 0 Å². The fourth-order valence-electron chi connectivity index (χ4n) is 6.53. The minimum atomic E-state index is -0.0949. The van der Waals surface area contributed by atoms with Crippen LogP contribution < -0.4 is 5.46 Å². The third kappa shape index (κ3) is 6.12. The summed E-state index contributed by atoms with van der Waals surface area (Å²) in [5, 5.41) is 0.789. The molecule has 0 nitrogen and oxygen atoms in total. The van der Waals surface area contributed by atoms with Gasteiger partial charge in [-0.25, -0.2) is 0 Å². The predicted molar refractivity (Wildman–Crippen MR) is 136 cm³/mol. The summed E-state index contributed by atoms with van der Waals surface area (Å²) in [5.41, 5.74) is 3.46. The van der Waals surface area contributed by atoms with Gasteiger partial charge in [0.1, 0.15) is 0 Å². The van der Waals surface area contributed by atoms with Crippen LogP contribution in [-0.4, -0.2) is 17.0 Å². The first-order chi connectivity index (χ1) is 13.7. The molecule has 1 aromatic carbocycles. The number of benzene rings is 1. The standard InChI is InChI=1S/C27H46BP/c1-26(2,3)29(27(4,5)6)21-22-15-13-14-20-25(22)28(23-16-9-7-10-17-23)24-18-11-8-12-19-24/h13-15,20,23-24H,7-12,16-19,21H2,1-6H3. The Hall–Kier alpha value is -0.285. The molecular weight excluding hydrogens is 366 g/mol. The molecule has 0 aliphatic heterocycles. The molecule has 0 bridgehead atoms. The van der Waals surface area contributed by atoms with Crippen molar-refractivity contribution in [2.45, 2.75) is 134 Å². The van der Waals surface area contributed by atoms with E-state index in [-0.39, 0.29) is 7.92 Å². The van der Waals surface area contributed by atoms with Gasteiger partial charge in [0, 0.05) is 0 Å². The van der Waals surface area contributed by atoms with Gasteiger partial charge < -0.3 is 0 Å². The van der Waals surface area contributed by atoms with Crippen LogP contribution in [0.1, 0.15) is 111 Å². The molecule has 0 heterocycles. The van der Waals surface area contributed by atoms with E-state index >= 15 is 0 Å². The summed E-state index contributed by atoms with van der Waals surface area (Å²) in [5.74, 6) is 1.87. The largest absolute Gasteiger partial charge is 0.182 e. The minimum Gasteiger partial charge on any atom is -0.0912 e. The average Bonchev–Trinajstić information content (AvgIpc) is 2.67. The van der Waals surface area contributed by atoms with Crippen LogP contribution in [0.15, 0.2) is 24.3 Å². The summed E-state index contributed by atoms with van der Waals surface area (Å²) in [7, 11) is -0.0949. The zero-order chi connectivity index (χ0) is 21.1. The normalized spacial score (nSPS) is 20.2. The highest BCUT2D eigenvalue weighted by atomic mass is 31.1. The molecule has 0 saturated heterocycles. The predicted octanol–water partition coefficient (Wildman–Crippen LogP) is 8.64. The van der Waals surface area contributed by atoms with Crippen LogP contribution in [0.25, 0.3) is 0 Å². The molecule has 0 unspecified atom stereocenters. The van der Waals surface area contributed by atoms with Gasteiger partial charge in [-0.1, -0.05) is 155 Å². The van der Waals surface area contributed by atoms with E-state index in [0.717, 1.165) is 18.3 Å². The molecule has 0 amide bonds. The van der Waals surface area contributed by atoms with Crippen LogP contribution in [0.2, 0.25) is 11.6 Å². The van der Waals surface area contributed by atoms with Crippen LogP contribution in [0.4, 0.5) is 0 Å². The van der Waals surface area contributed by atoms with Crippen molar-refractivity contribution in [1.29, 1.82) is 0 Å². The zero-order valence-corrected chi connectivity index (χ0v) is 21.2. The van der Waals surface area contributed by atoms with Crippen molar-refractivity contribution in [3.05, 3.63) is 29.8 Å². The van der Waals surface area contributed by atoms with Crippen molar-refractivity contribution in [3.63, 3.8) is 0 Å². The quantitative estimate of drug-likeness (QED) is 0.335. The number of hydrogen-bond acceptors (Lipinski definition) is 0. The number of hydrogen-bond donors (Lipinski definition) is 0. The maximum atomic E-state index is 2.54. The van der Waals surface area contributed by atoms with Gasteiger partial charge in [-0.3, -0.25) is 0 Å². The maximum absolute atomic E-state index is 2.54. The summed E-state index contributed by atoms with van der Waals surface area (Å²) in [6, 6.07) is 9.70. The second-order valence-electron chi connectivity index (χ2n) is 11.9. The summed E-state index contributed by atoms with van der Waals surface area (Å²) >= 11 is 0. The molecule has 1 aromatic rings. The van der Waals surface area contributed by atoms with Gasteiger partial charge in [-0.15, -0.1) is 0 Å². The van der Waals surface area contributed by atoms with Crippen molar-refractivity contribution < 1.29 is 0 Å². The molecule has 0 atom stereocenters. The zero-order valence-electron chi connectivity index (χ0n) is 20.3. The van der Waals surface area contributed by atoms with Crippen molar-refractivity contribution in [1.82, 2.24) is 0 Å². The van der Waals surface area contributed by atoms with Crippen molar-refractivity contribution in [2.75, 3.05) is 0 Å². The van der Waals surface area contributed by atoms with Crippen LogP contribution in [0, 0.1) is 0 Å². The Morgan fingerprint density at radius 1 is 0.724 bits per heavy atom. The third-order valence-electron chi connectivity index (χ3n) is 7.68. The smallest absolute Gasteiger partial charge is 0.0912 e. The summed E-state index contributed by atoms with van der Waals surface area (Å²) in [4.78, 5) is 0. The molecule has 2 aliphatic carbocycles. The lowest BCUT2D eigenvalue weighted by atomic mass is 9.27. The molecule has 0 spiro atoms. The van der Waals surface area contributed by atoms with E-state index in [1.165, 1.54) is 70.4 Å². The van der Waals surface area contributed by atoms with Crippen LogP contribution in [0.5, 0.6) is 0 Å². The first-order valence-corrected chi connectivity index (χ1v) is 14.1. The van der Waals surface area contributed by atoms with Gasteiger partial charge in [-0.2, -0.15) is 0 Å². The van der Waals surface area contributed by atoms with E-state index in [2.05, 4.69) is 65.8 Å². The molecule has 2 saturated carbocycles. The molecule has 2 fully saturated rings. The van der Waals surface area contributed by atoms with Crippen molar-refractivity contribution in [2.24, 2.45) is 0 Å². The van der Waals surface area contributed by atoms with E-state index in [1.54, 1.807) is 11.0 Å². The highest BCUT2D eigenvalue weighted by Gasteiger charge is 2.39. The molecule has 0 radical (unpaired) electrons. The molecule has 0 aromatic heterocycles. The molecular formula is C27H46BP. The Morgan fingerprint density at radius 2 is 1.17 bits per heavy atom.